The molecule has 0 aromatic heterocycles. The van der Waals surface area contributed by atoms with Crippen molar-refractivity contribution >= 4 is 11.8 Å². The number of aliphatic hydroxyl groups is 1. The molecular formula is C13H25NO2S. The minimum atomic E-state index is -0.475. The van der Waals surface area contributed by atoms with E-state index in [2.05, 4.69) is 26.1 Å². The van der Waals surface area contributed by atoms with E-state index < -0.39 is 5.60 Å². The Morgan fingerprint density at radius 1 is 1.47 bits per heavy atom. The van der Waals surface area contributed by atoms with Crippen molar-refractivity contribution < 1.29 is 9.84 Å². The second-order valence-corrected chi connectivity index (χ2v) is 7.07. The third-order valence-electron chi connectivity index (χ3n) is 4.31. The molecule has 4 heteroatoms. The maximum absolute atomic E-state index is 10.3. The van der Waals surface area contributed by atoms with Gasteiger partial charge in [-0.25, -0.2) is 0 Å². The Bertz CT molecular complexity index is 264. The lowest BCUT2D eigenvalue weighted by Gasteiger charge is -2.52. The molecule has 3 atom stereocenters. The van der Waals surface area contributed by atoms with Crippen LogP contribution in [0.1, 0.15) is 33.6 Å². The molecule has 1 saturated carbocycles. The molecule has 1 heterocycles. The summed E-state index contributed by atoms with van der Waals surface area (Å²) in [5.41, 5.74) is -0.282. The van der Waals surface area contributed by atoms with E-state index in [9.17, 15) is 5.11 Å². The van der Waals surface area contributed by atoms with E-state index in [1.807, 2.05) is 11.8 Å². The van der Waals surface area contributed by atoms with E-state index in [0.29, 0.717) is 12.1 Å². The molecule has 0 bridgehead atoms. The van der Waals surface area contributed by atoms with Gasteiger partial charge in [0, 0.05) is 30.4 Å². The lowest BCUT2D eigenvalue weighted by Crippen LogP contribution is -2.62. The molecule has 3 nitrogen and oxygen atoms in total. The monoisotopic (exact) mass is 259 g/mol. The first-order chi connectivity index (χ1) is 7.98. The van der Waals surface area contributed by atoms with Crippen molar-refractivity contribution in [2.75, 3.05) is 24.7 Å². The van der Waals surface area contributed by atoms with Gasteiger partial charge in [0.1, 0.15) is 0 Å². The van der Waals surface area contributed by atoms with Crippen molar-refractivity contribution in [1.82, 2.24) is 5.32 Å². The van der Waals surface area contributed by atoms with Crippen molar-refractivity contribution in [2.24, 2.45) is 5.41 Å². The molecule has 0 aromatic rings. The molecule has 2 aliphatic rings. The summed E-state index contributed by atoms with van der Waals surface area (Å²) in [5.74, 6) is 1.97. The van der Waals surface area contributed by atoms with Crippen LogP contribution in [0.2, 0.25) is 0 Å². The quantitative estimate of drug-likeness (QED) is 0.788. The Morgan fingerprint density at radius 2 is 2.24 bits per heavy atom. The second-order valence-electron chi connectivity index (χ2n) is 5.96. The molecule has 1 aliphatic carbocycles. The van der Waals surface area contributed by atoms with Gasteiger partial charge in [0.15, 0.2) is 0 Å². The van der Waals surface area contributed by atoms with Crippen LogP contribution < -0.4 is 5.32 Å². The maximum atomic E-state index is 10.3. The first-order valence-electron chi connectivity index (χ1n) is 6.63. The highest BCUT2D eigenvalue weighted by Gasteiger charge is 2.49. The molecule has 0 aromatic carbocycles. The molecule has 0 radical (unpaired) electrons. The van der Waals surface area contributed by atoms with Gasteiger partial charge in [0.25, 0.3) is 0 Å². The van der Waals surface area contributed by atoms with E-state index in [1.165, 1.54) is 0 Å². The number of ether oxygens (including phenoxy) is 1. The first-order valence-corrected chi connectivity index (χ1v) is 7.78. The van der Waals surface area contributed by atoms with Crippen molar-refractivity contribution in [3.05, 3.63) is 0 Å². The van der Waals surface area contributed by atoms with Gasteiger partial charge in [-0.3, -0.25) is 0 Å². The largest absolute Gasteiger partial charge is 0.388 e. The van der Waals surface area contributed by atoms with Gasteiger partial charge in [-0.2, -0.15) is 11.8 Å². The topological polar surface area (TPSA) is 41.5 Å². The predicted octanol–water partition coefficient (Wildman–Crippen LogP) is 1.65. The number of thioether (sulfide) groups is 1. The number of hydrogen-bond donors (Lipinski definition) is 2. The van der Waals surface area contributed by atoms with Gasteiger partial charge in [0.05, 0.1) is 11.7 Å². The Labute approximate surface area is 109 Å². The van der Waals surface area contributed by atoms with Crippen LogP contribution in [0.15, 0.2) is 0 Å². The van der Waals surface area contributed by atoms with Crippen LogP contribution in [0.25, 0.3) is 0 Å². The summed E-state index contributed by atoms with van der Waals surface area (Å²) < 4.78 is 5.71. The van der Waals surface area contributed by atoms with Crippen LogP contribution >= 0.6 is 11.8 Å². The highest BCUT2D eigenvalue weighted by atomic mass is 32.2. The van der Waals surface area contributed by atoms with E-state index in [0.717, 1.165) is 37.5 Å². The van der Waals surface area contributed by atoms with Gasteiger partial charge in [-0.1, -0.05) is 13.8 Å². The highest BCUT2D eigenvalue weighted by Crippen LogP contribution is 2.43. The van der Waals surface area contributed by atoms with E-state index in [1.54, 1.807) is 0 Å². The molecule has 2 fully saturated rings. The molecule has 2 rings (SSSR count). The van der Waals surface area contributed by atoms with Gasteiger partial charge in [-0.05, 0) is 25.5 Å². The van der Waals surface area contributed by atoms with E-state index >= 15 is 0 Å². The Kier molecular flexibility index (Phi) is 4.08. The lowest BCUT2D eigenvalue weighted by molar-refractivity contribution is -0.117. The zero-order valence-corrected chi connectivity index (χ0v) is 12.0. The summed E-state index contributed by atoms with van der Waals surface area (Å²) in [5, 5.41) is 13.8. The standard InChI is InChI=1S/C13H25NO2S/c1-4-16-11-7-10(12(11,2)3)14-8-13(15)5-6-17-9-13/h10-11,14-15H,4-9H2,1-3H3/t10-,11-,13+/m1/s1. The van der Waals surface area contributed by atoms with Crippen LogP contribution in [0.4, 0.5) is 0 Å². The van der Waals surface area contributed by atoms with Crippen molar-refractivity contribution in [2.45, 2.75) is 51.4 Å². The van der Waals surface area contributed by atoms with Gasteiger partial charge >= 0.3 is 0 Å². The van der Waals surface area contributed by atoms with Crippen LogP contribution in [0, 0.1) is 5.41 Å². The van der Waals surface area contributed by atoms with Crippen molar-refractivity contribution in [1.29, 1.82) is 0 Å². The minimum absolute atomic E-state index is 0.193. The minimum Gasteiger partial charge on any atom is -0.388 e. The number of nitrogens with one attached hydrogen (secondary N) is 1. The SMILES string of the molecule is CCO[C@@H]1C[C@@H](NC[C@@]2(O)CCSC2)C1(C)C. The van der Waals surface area contributed by atoms with Gasteiger partial charge < -0.3 is 15.2 Å². The molecule has 0 unspecified atom stereocenters. The normalized spacial score (nSPS) is 40.2. The third-order valence-corrected chi connectivity index (χ3v) is 5.54. The summed E-state index contributed by atoms with van der Waals surface area (Å²) in [6.07, 6.45) is 2.37. The Balaban J connectivity index is 1.78. The van der Waals surface area contributed by atoms with Gasteiger partial charge in [-0.15, -0.1) is 0 Å². The van der Waals surface area contributed by atoms with Crippen molar-refractivity contribution in [3.63, 3.8) is 0 Å². The second kappa shape index (κ2) is 5.08. The molecule has 2 N–H and O–H groups in total. The zero-order chi connectivity index (χ0) is 12.5. The van der Waals surface area contributed by atoms with Crippen molar-refractivity contribution in [3.8, 4) is 0 Å². The predicted molar refractivity (Wildman–Crippen MR) is 72.5 cm³/mol. The van der Waals surface area contributed by atoms with E-state index in [-0.39, 0.29) is 5.41 Å². The number of hydrogen-bond acceptors (Lipinski definition) is 4. The smallest absolute Gasteiger partial charge is 0.0869 e. The third kappa shape index (κ3) is 2.80. The Morgan fingerprint density at radius 3 is 2.76 bits per heavy atom. The average molecular weight is 259 g/mol. The fourth-order valence-corrected chi connectivity index (χ4v) is 4.06. The highest BCUT2D eigenvalue weighted by molar-refractivity contribution is 7.99. The molecule has 0 amide bonds. The summed E-state index contributed by atoms with van der Waals surface area (Å²) in [4.78, 5) is 0. The summed E-state index contributed by atoms with van der Waals surface area (Å²) >= 11 is 1.85. The van der Waals surface area contributed by atoms with Crippen LogP contribution in [-0.2, 0) is 4.74 Å². The molecule has 1 aliphatic heterocycles. The average Bonchev–Trinajstić information content (AvgIpc) is 2.70. The van der Waals surface area contributed by atoms with E-state index in [4.69, 9.17) is 4.74 Å². The molecular weight excluding hydrogens is 234 g/mol. The maximum Gasteiger partial charge on any atom is 0.0869 e. The molecule has 1 saturated heterocycles. The molecule has 100 valence electrons. The summed E-state index contributed by atoms with van der Waals surface area (Å²) in [6, 6.07) is 0.480. The fourth-order valence-electron chi connectivity index (χ4n) is 2.76. The van der Waals surface area contributed by atoms with Crippen LogP contribution in [0.3, 0.4) is 0 Å². The lowest BCUT2D eigenvalue weighted by atomic mass is 9.64. The van der Waals surface area contributed by atoms with Crippen LogP contribution in [-0.4, -0.2) is 47.5 Å². The molecule has 17 heavy (non-hydrogen) atoms. The molecule has 0 spiro atoms. The summed E-state index contributed by atoms with van der Waals surface area (Å²) in [6.45, 7) is 8.08. The first kappa shape index (κ1) is 13.7. The zero-order valence-electron chi connectivity index (χ0n) is 11.2. The summed E-state index contributed by atoms with van der Waals surface area (Å²) in [7, 11) is 0. The fraction of sp³-hybridized carbons (Fsp3) is 1.00. The Hall–Kier alpha value is 0.230. The van der Waals surface area contributed by atoms with Gasteiger partial charge in [0.2, 0.25) is 0 Å². The van der Waals surface area contributed by atoms with Crippen LogP contribution in [0.5, 0.6) is 0 Å². The number of rotatable bonds is 5.